The number of nitrogens with one attached hydrogen (secondary N) is 1. The third-order valence-electron chi connectivity index (χ3n) is 7.53. The second-order valence-corrected chi connectivity index (χ2v) is 10.3. The van der Waals surface area contributed by atoms with Crippen LogP contribution in [-0.4, -0.2) is 52.9 Å². The largest absolute Gasteiger partial charge is 0.490 e. The van der Waals surface area contributed by atoms with E-state index in [-0.39, 0.29) is 11.7 Å². The molecule has 0 aliphatic carbocycles. The van der Waals surface area contributed by atoms with Gasteiger partial charge in [0.25, 0.3) is 5.56 Å². The fourth-order valence-corrected chi connectivity index (χ4v) is 5.71. The number of nitrogens with zero attached hydrogens (tertiary/aromatic N) is 2. The molecular weight excluding hydrogens is 426 g/mol. The van der Waals surface area contributed by atoms with Crippen LogP contribution < -0.4 is 10.3 Å². The molecule has 4 heterocycles. The van der Waals surface area contributed by atoms with Crippen LogP contribution in [0.25, 0.3) is 22.2 Å². The smallest absolute Gasteiger partial charge is 0.253 e. The van der Waals surface area contributed by atoms with Crippen molar-refractivity contribution in [2.45, 2.75) is 64.5 Å². The zero-order valence-electron chi connectivity index (χ0n) is 20.9. The number of H-pyrrole nitrogens is 1. The third kappa shape index (κ3) is 4.53. The fourth-order valence-electron chi connectivity index (χ4n) is 5.71. The van der Waals surface area contributed by atoms with Crippen LogP contribution >= 0.6 is 0 Å². The number of piperidine rings is 1. The van der Waals surface area contributed by atoms with Gasteiger partial charge in [0.2, 0.25) is 0 Å². The van der Waals surface area contributed by atoms with Crippen LogP contribution in [0.3, 0.4) is 0 Å². The summed E-state index contributed by atoms with van der Waals surface area (Å²) in [6.45, 7) is 10.3. The van der Waals surface area contributed by atoms with Crippen molar-refractivity contribution in [3.63, 3.8) is 0 Å². The number of hydrogen-bond donors (Lipinski definition) is 1. The average molecular weight is 464 g/mol. The van der Waals surface area contributed by atoms with Gasteiger partial charge in [0.15, 0.2) is 0 Å². The summed E-state index contributed by atoms with van der Waals surface area (Å²) < 4.78 is 13.7. The second kappa shape index (κ2) is 9.59. The molecule has 0 amide bonds. The van der Waals surface area contributed by atoms with Crippen molar-refractivity contribution in [2.24, 2.45) is 7.05 Å². The first-order valence-corrected chi connectivity index (χ1v) is 12.7. The van der Waals surface area contributed by atoms with Gasteiger partial charge in [-0.05, 0) is 68.4 Å². The number of hydrogen-bond acceptors (Lipinski definition) is 4. The van der Waals surface area contributed by atoms with Gasteiger partial charge in [-0.3, -0.25) is 9.69 Å². The minimum absolute atomic E-state index is 0.0458. The standard InChI is InChI=1S/C28H37N3O3/c1-18(2)26-24-16-23(34-22-7-11-31(12-8-22)21-9-13-33-14-10-21)5-6-25(24)29-27(26)20-15-19(3)28(32)30(4)17-20/h5-6,15-18,21-22,29H,7-14H2,1-4H3. The summed E-state index contributed by atoms with van der Waals surface area (Å²) in [4.78, 5) is 18.5. The quantitative estimate of drug-likeness (QED) is 0.579. The molecule has 6 heteroatoms. The molecule has 0 radical (unpaired) electrons. The lowest BCUT2D eigenvalue weighted by atomic mass is 9.96. The summed E-state index contributed by atoms with van der Waals surface area (Å²) in [5.74, 6) is 1.28. The van der Waals surface area contributed by atoms with Gasteiger partial charge >= 0.3 is 0 Å². The van der Waals surface area contributed by atoms with Crippen molar-refractivity contribution in [3.05, 3.63) is 51.9 Å². The van der Waals surface area contributed by atoms with Gasteiger partial charge in [-0.15, -0.1) is 0 Å². The van der Waals surface area contributed by atoms with Gasteiger partial charge in [0, 0.05) is 67.6 Å². The van der Waals surface area contributed by atoms with Crippen molar-refractivity contribution in [1.82, 2.24) is 14.5 Å². The molecule has 1 aromatic carbocycles. The van der Waals surface area contributed by atoms with Crippen molar-refractivity contribution in [3.8, 4) is 17.0 Å². The lowest BCUT2D eigenvalue weighted by Crippen LogP contribution is -2.46. The maximum atomic E-state index is 12.2. The van der Waals surface area contributed by atoms with E-state index >= 15 is 0 Å². The van der Waals surface area contributed by atoms with Gasteiger partial charge < -0.3 is 19.0 Å². The van der Waals surface area contributed by atoms with E-state index in [2.05, 4.69) is 41.9 Å². The molecule has 5 rings (SSSR count). The van der Waals surface area contributed by atoms with Crippen LogP contribution in [0.1, 0.15) is 56.6 Å². The number of benzene rings is 1. The van der Waals surface area contributed by atoms with E-state index in [0.29, 0.717) is 12.0 Å². The van der Waals surface area contributed by atoms with Crippen LogP contribution in [0.4, 0.5) is 0 Å². The molecule has 0 saturated carbocycles. The summed E-state index contributed by atoms with van der Waals surface area (Å²) >= 11 is 0. The molecule has 2 aliphatic rings. The lowest BCUT2D eigenvalue weighted by Gasteiger charge is -2.39. The predicted molar refractivity (Wildman–Crippen MR) is 137 cm³/mol. The zero-order chi connectivity index (χ0) is 23.8. The highest BCUT2D eigenvalue weighted by atomic mass is 16.5. The molecule has 3 aromatic rings. The normalized spacial score (nSPS) is 18.7. The van der Waals surface area contributed by atoms with E-state index in [4.69, 9.17) is 9.47 Å². The maximum absolute atomic E-state index is 12.2. The van der Waals surface area contributed by atoms with E-state index in [1.165, 1.54) is 10.9 Å². The highest BCUT2D eigenvalue weighted by Gasteiger charge is 2.27. The van der Waals surface area contributed by atoms with Gasteiger partial charge in [-0.1, -0.05) is 13.8 Å². The molecule has 2 fully saturated rings. The number of aromatic nitrogens is 2. The third-order valence-corrected chi connectivity index (χ3v) is 7.53. The number of pyridine rings is 1. The lowest BCUT2D eigenvalue weighted by molar-refractivity contribution is 0.0101. The second-order valence-electron chi connectivity index (χ2n) is 10.3. The summed E-state index contributed by atoms with van der Waals surface area (Å²) in [5.41, 5.74) is 5.31. The van der Waals surface area contributed by atoms with E-state index < -0.39 is 0 Å². The highest BCUT2D eigenvalue weighted by molar-refractivity contribution is 5.92. The summed E-state index contributed by atoms with van der Waals surface area (Å²) in [6, 6.07) is 9.08. The van der Waals surface area contributed by atoms with Crippen LogP contribution in [-0.2, 0) is 11.8 Å². The van der Waals surface area contributed by atoms with Crippen LogP contribution in [0.5, 0.6) is 5.75 Å². The Bertz CT molecular complexity index is 1190. The van der Waals surface area contributed by atoms with Gasteiger partial charge in [0.05, 0.1) is 5.69 Å². The van der Waals surface area contributed by atoms with Crippen molar-refractivity contribution >= 4 is 10.9 Å². The summed E-state index contributed by atoms with van der Waals surface area (Å²) in [6.07, 6.45) is 6.65. The van der Waals surface area contributed by atoms with Gasteiger partial charge in [-0.25, -0.2) is 0 Å². The molecule has 6 nitrogen and oxygen atoms in total. The van der Waals surface area contributed by atoms with Crippen molar-refractivity contribution < 1.29 is 9.47 Å². The Kier molecular flexibility index (Phi) is 6.54. The molecule has 2 aliphatic heterocycles. The molecule has 2 saturated heterocycles. The Hall–Kier alpha value is -2.57. The minimum atomic E-state index is 0.0458. The van der Waals surface area contributed by atoms with Crippen LogP contribution in [0.15, 0.2) is 35.3 Å². The minimum Gasteiger partial charge on any atom is -0.490 e. The molecule has 182 valence electrons. The predicted octanol–water partition coefficient (Wildman–Crippen LogP) is 4.99. The van der Waals surface area contributed by atoms with Crippen molar-refractivity contribution in [1.29, 1.82) is 0 Å². The SMILES string of the molecule is Cc1cc(-c2[nH]c3ccc(OC4CCN(C5CCOCC5)CC4)cc3c2C(C)C)cn(C)c1=O. The summed E-state index contributed by atoms with van der Waals surface area (Å²) in [5, 5.41) is 1.20. The van der Waals surface area contributed by atoms with E-state index in [1.807, 2.05) is 26.2 Å². The van der Waals surface area contributed by atoms with E-state index in [9.17, 15) is 4.79 Å². The monoisotopic (exact) mass is 463 g/mol. The zero-order valence-corrected chi connectivity index (χ0v) is 20.9. The molecule has 0 unspecified atom stereocenters. The molecule has 0 bridgehead atoms. The molecule has 1 N–H and O–H groups in total. The number of likely N-dealkylation sites (tertiary alicyclic amines) is 1. The summed E-state index contributed by atoms with van der Waals surface area (Å²) in [7, 11) is 1.82. The molecular formula is C28H37N3O3. The Morgan fingerprint density at radius 1 is 1.09 bits per heavy atom. The first-order valence-electron chi connectivity index (χ1n) is 12.7. The number of rotatable bonds is 5. The Labute approximate surface area is 201 Å². The van der Waals surface area contributed by atoms with E-state index in [0.717, 1.165) is 80.1 Å². The average Bonchev–Trinajstić information content (AvgIpc) is 3.22. The Morgan fingerprint density at radius 2 is 1.82 bits per heavy atom. The van der Waals surface area contributed by atoms with E-state index in [1.54, 1.807) is 4.57 Å². The highest BCUT2D eigenvalue weighted by Crippen LogP contribution is 2.37. The van der Waals surface area contributed by atoms with Crippen LogP contribution in [0.2, 0.25) is 0 Å². The van der Waals surface area contributed by atoms with Gasteiger partial charge in [-0.2, -0.15) is 0 Å². The molecule has 0 spiro atoms. The van der Waals surface area contributed by atoms with Gasteiger partial charge in [0.1, 0.15) is 11.9 Å². The number of aryl methyl sites for hydroxylation is 2. The first-order chi connectivity index (χ1) is 16.4. The fraction of sp³-hybridized carbons (Fsp3) is 0.536. The Balaban J connectivity index is 1.37. The molecule has 2 aromatic heterocycles. The molecule has 34 heavy (non-hydrogen) atoms. The Morgan fingerprint density at radius 3 is 2.50 bits per heavy atom. The first kappa shape index (κ1) is 23.2. The maximum Gasteiger partial charge on any atom is 0.253 e. The number of fused-ring (bicyclic) bond motifs is 1. The number of ether oxygens (including phenoxy) is 2. The number of aromatic amines is 1. The topological polar surface area (TPSA) is 59.5 Å². The molecule has 0 atom stereocenters. The van der Waals surface area contributed by atoms with Crippen LogP contribution in [0, 0.1) is 6.92 Å². The van der Waals surface area contributed by atoms with Crippen molar-refractivity contribution in [2.75, 3.05) is 26.3 Å².